The Morgan fingerprint density at radius 2 is 1.50 bits per heavy atom. The first-order valence-corrected chi connectivity index (χ1v) is 9.64. The lowest BCUT2D eigenvalue weighted by Crippen LogP contribution is -2.32. The third-order valence-corrected chi connectivity index (χ3v) is 5.30. The Labute approximate surface area is 172 Å². The maximum atomic E-state index is 12.8. The van der Waals surface area contributed by atoms with Crippen LogP contribution < -0.4 is 4.90 Å². The second kappa shape index (κ2) is 7.33. The van der Waals surface area contributed by atoms with Crippen molar-refractivity contribution in [2.24, 2.45) is 5.41 Å². The molecule has 0 atom stereocenters. The number of amides is 2. The van der Waals surface area contributed by atoms with E-state index >= 15 is 0 Å². The summed E-state index contributed by atoms with van der Waals surface area (Å²) in [5.41, 5.74) is -0.000269. The van der Waals surface area contributed by atoms with Crippen LogP contribution in [0.5, 0.6) is 0 Å². The molecule has 0 saturated heterocycles. The Kier molecular flexibility index (Phi) is 5.38. The van der Waals surface area contributed by atoms with Gasteiger partial charge in [-0.3, -0.25) is 14.4 Å². The molecular formula is C20H19Cl2NO5. The van der Waals surface area contributed by atoms with Crippen molar-refractivity contribution in [2.75, 3.05) is 4.90 Å². The molecule has 6 nitrogen and oxygen atoms in total. The molecule has 3 rings (SSSR count). The Morgan fingerprint density at radius 3 is 2.00 bits per heavy atom. The second-order valence-corrected chi connectivity index (χ2v) is 8.63. The minimum absolute atomic E-state index is 0.0442. The molecule has 0 N–H and O–H groups in total. The number of anilines is 1. The van der Waals surface area contributed by atoms with Crippen molar-refractivity contribution >= 4 is 52.6 Å². The number of nitrogens with zero attached hydrogens (tertiary/aromatic N) is 1. The molecule has 0 unspecified atom stereocenters. The number of benzene rings is 1. The molecule has 2 amide bonds. The highest BCUT2D eigenvalue weighted by molar-refractivity contribution is 6.41. The molecule has 0 aromatic heterocycles. The van der Waals surface area contributed by atoms with Gasteiger partial charge in [0.2, 0.25) is 0 Å². The topological polar surface area (TPSA) is 80.8 Å². The van der Waals surface area contributed by atoms with E-state index in [0.717, 1.165) is 17.7 Å². The van der Waals surface area contributed by atoms with Crippen molar-refractivity contribution in [1.29, 1.82) is 0 Å². The number of halogens is 2. The van der Waals surface area contributed by atoms with Crippen LogP contribution in [-0.4, -0.2) is 23.8 Å². The van der Waals surface area contributed by atoms with Gasteiger partial charge in [0.1, 0.15) is 0 Å². The molecule has 0 bridgehead atoms. The first kappa shape index (κ1) is 20.6. The van der Waals surface area contributed by atoms with Crippen LogP contribution in [0.15, 0.2) is 23.3 Å². The second-order valence-electron chi connectivity index (χ2n) is 7.82. The third kappa shape index (κ3) is 3.59. The number of hydrogen-bond donors (Lipinski definition) is 0. The zero-order valence-corrected chi connectivity index (χ0v) is 17.2. The minimum atomic E-state index is -0.973. The lowest BCUT2D eigenvalue weighted by atomic mass is 9.93. The molecule has 1 aromatic rings. The van der Waals surface area contributed by atoms with Crippen molar-refractivity contribution in [2.45, 2.75) is 46.5 Å². The van der Waals surface area contributed by atoms with Crippen molar-refractivity contribution in [1.82, 2.24) is 0 Å². The molecule has 0 saturated carbocycles. The van der Waals surface area contributed by atoms with E-state index in [1.807, 2.05) is 0 Å². The van der Waals surface area contributed by atoms with Crippen molar-refractivity contribution in [3.8, 4) is 0 Å². The van der Waals surface area contributed by atoms with E-state index in [4.69, 9.17) is 27.9 Å². The molecule has 0 spiro atoms. The summed E-state index contributed by atoms with van der Waals surface area (Å²) in [6, 6.07) is 2.48. The fourth-order valence-corrected chi connectivity index (χ4v) is 3.66. The third-order valence-electron chi connectivity index (χ3n) is 4.69. The monoisotopic (exact) mass is 423 g/mol. The van der Waals surface area contributed by atoms with Gasteiger partial charge in [0.15, 0.2) is 0 Å². The average Bonchev–Trinajstić information content (AvgIpc) is 2.86. The molecule has 148 valence electrons. The van der Waals surface area contributed by atoms with Gasteiger partial charge in [-0.2, -0.15) is 0 Å². The van der Waals surface area contributed by atoms with Crippen LogP contribution in [-0.2, 0) is 19.1 Å². The van der Waals surface area contributed by atoms with Crippen molar-refractivity contribution in [3.05, 3.63) is 38.9 Å². The minimum Gasteiger partial charge on any atom is -0.389 e. The summed E-state index contributed by atoms with van der Waals surface area (Å²) in [7, 11) is 0. The summed E-state index contributed by atoms with van der Waals surface area (Å²) in [5.74, 6) is -2.57. The number of imide groups is 1. The van der Waals surface area contributed by atoms with E-state index in [0.29, 0.717) is 24.0 Å². The smallest absolute Gasteiger partial charge is 0.347 e. The molecule has 2 aliphatic rings. The summed E-state index contributed by atoms with van der Waals surface area (Å²) < 4.78 is 4.88. The van der Waals surface area contributed by atoms with E-state index in [9.17, 15) is 19.2 Å². The van der Waals surface area contributed by atoms with Crippen LogP contribution >= 0.6 is 23.2 Å². The van der Waals surface area contributed by atoms with Gasteiger partial charge in [-0.05, 0) is 58.6 Å². The number of carbonyl (C=O) groups is 4. The summed E-state index contributed by atoms with van der Waals surface area (Å²) in [5, 5.41) is 0.00233. The zero-order valence-electron chi connectivity index (χ0n) is 15.7. The zero-order chi connectivity index (χ0) is 20.8. The molecule has 0 radical (unpaired) electrons. The SMILES string of the molecule is CC(C)(C)C(=O)OC(=O)c1cc(N2C(=O)C3=C(CCCC3)C2=O)c(Cl)cc1Cl. The number of esters is 2. The Bertz CT molecular complexity index is 915. The Hall–Kier alpha value is -2.18. The van der Waals surface area contributed by atoms with Gasteiger partial charge in [-0.1, -0.05) is 23.2 Å². The molecule has 28 heavy (non-hydrogen) atoms. The van der Waals surface area contributed by atoms with Crippen molar-refractivity contribution in [3.63, 3.8) is 0 Å². The van der Waals surface area contributed by atoms with Gasteiger partial charge in [0.05, 0.1) is 26.7 Å². The first-order chi connectivity index (χ1) is 13.0. The van der Waals surface area contributed by atoms with E-state index < -0.39 is 29.2 Å². The highest BCUT2D eigenvalue weighted by Gasteiger charge is 2.41. The van der Waals surface area contributed by atoms with Gasteiger partial charge in [0, 0.05) is 11.1 Å². The maximum Gasteiger partial charge on any atom is 0.347 e. The van der Waals surface area contributed by atoms with Crippen LogP contribution in [0.2, 0.25) is 10.0 Å². The summed E-state index contributed by atoms with van der Waals surface area (Å²) >= 11 is 12.3. The van der Waals surface area contributed by atoms with Gasteiger partial charge < -0.3 is 4.74 Å². The number of hydrogen-bond acceptors (Lipinski definition) is 5. The van der Waals surface area contributed by atoms with E-state index in [1.165, 1.54) is 12.1 Å². The lowest BCUT2D eigenvalue weighted by molar-refractivity contribution is -0.146. The molecular weight excluding hydrogens is 405 g/mol. The average molecular weight is 424 g/mol. The van der Waals surface area contributed by atoms with Crippen LogP contribution in [0, 0.1) is 5.41 Å². The Morgan fingerprint density at radius 1 is 0.964 bits per heavy atom. The predicted molar refractivity (Wildman–Crippen MR) is 104 cm³/mol. The number of ether oxygens (including phenoxy) is 1. The fourth-order valence-electron chi connectivity index (χ4n) is 3.12. The summed E-state index contributed by atoms with van der Waals surface area (Å²) in [4.78, 5) is 50.9. The Balaban J connectivity index is 1.97. The quantitative estimate of drug-likeness (QED) is 0.398. The molecule has 1 aromatic carbocycles. The first-order valence-electron chi connectivity index (χ1n) is 8.89. The van der Waals surface area contributed by atoms with Crippen molar-refractivity contribution < 1.29 is 23.9 Å². The molecule has 8 heteroatoms. The highest BCUT2D eigenvalue weighted by Crippen LogP contribution is 2.40. The fraction of sp³-hybridized carbons (Fsp3) is 0.400. The number of carbonyl (C=O) groups excluding carboxylic acids is 4. The number of rotatable bonds is 2. The standard InChI is InChI=1S/C20H19Cl2NO5/c1-20(2,3)19(27)28-18(26)12-8-15(14(22)9-13(12)21)23-16(24)10-6-4-5-7-11(10)17(23)25/h8-9H,4-7H2,1-3H3. The molecule has 1 heterocycles. The normalized spacial score (nSPS) is 17.1. The summed E-state index contributed by atoms with van der Waals surface area (Å²) in [6.07, 6.45) is 2.76. The van der Waals surface area contributed by atoms with Crippen LogP contribution in [0.4, 0.5) is 5.69 Å². The maximum absolute atomic E-state index is 12.8. The van der Waals surface area contributed by atoms with Gasteiger partial charge in [-0.15, -0.1) is 0 Å². The van der Waals surface area contributed by atoms with Crippen LogP contribution in [0.1, 0.15) is 56.8 Å². The van der Waals surface area contributed by atoms with Gasteiger partial charge in [-0.25, -0.2) is 9.69 Å². The van der Waals surface area contributed by atoms with Gasteiger partial charge >= 0.3 is 11.9 Å². The highest BCUT2D eigenvalue weighted by atomic mass is 35.5. The lowest BCUT2D eigenvalue weighted by Gasteiger charge is -2.19. The predicted octanol–water partition coefficient (Wildman–Crippen LogP) is 4.47. The van der Waals surface area contributed by atoms with Crippen LogP contribution in [0.3, 0.4) is 0 Å². The van der Waals surface area contributed by atoms with E-state index in [2.05, 4.69) is 0 Å². The largest absolute Gasteiger partial charge is 0.389 e. The molecule has 0 fully saturated rings. The summed E-state index contributed by atoms with van der Waals surface area (Å²) in [6.45, 7) is 4.82. The van der Waals surface area contributed by atoms with Crippen LogP contribution in [0.25, 0.3) is 0 Å². The van der Waals surface area contributed by atoms with E-state index in [1.54, 1.807) is 20.8 Å². The molecule has 1 aliphatic carbocycles. The van der Waals surface area contributed by atoms with Gasteiger partial charge in [0.25, 0.3) is 11.8 Å². The molecule has 1 aliphatic heterocycles. The van der Waals surface area contributed by atoms with E-state index in [-0.39, 0.29) is 21.3 Å².